The van der Waals surface area contributed by atoms with Crippen LogP contribution in [0.25, 0.3) is 11.4 Å². The first kappa shape index (κ1) is 27.3. The zero-order valence-corrected chi connectivity index (χ0v) is 21.8. The molecular formula is C31H38N2O3. The molecule has 1 atom stereocenters. The molecule has 1 heterocycles. The van der Waals surface area contributed by atoms with E-state index in [2.05, 4.69) is 23.8 Å². The summed E-state index contributed by atoms with van der Waals surface area (Å²) >= 11 is 0. The van der Waals surface area contributed by atoms with Crippen molar-refractivity contribution in [3.05, 3.63) is 83.2 Å². The number of hydrogen-bond donors (Lipinski definition) is 0. The molecule has 0 amide bonds. The largest absolute Gasteiger partial charge is 0.451 e. The molecule has 0 radical (unpaired) electrons. The number of hydrogen-bond acceptors (Lipinski definition) is 5. The maximum absolute atomic E-state index is 12.7. The van der Waals surface area contributed by atoms with Gasteiger partial charge in [-0.15, -0.1) is 0 Å². The molecule has 0 N–H and O–H groups in total. The molecule has 0 aliphatic carbocycles. The molecule has 0 saturated heterocycles. The lowest BCUT2D eigenvalue weighted by Gasteiger charge is -2.13. The number of ether oxygens (including phenoxy) is 1. The number of unbranched alkanes of at least 4 members (excludes halogenated alkanes) is 5. The summed E-state index contributed by atoms with van der Waals surface area (Å²) in [5.41, 5.74) is 4.11. The van der Waals surface area contributed by atoms with E-state index in [4.69, 9.17) is 4.74 Å². The monoisotopic (exact) mass is 486 g/mol. The molecule has 3 rings (SSSR count). The molecule has 0 fully saturated rings. The maximum Gasteiger partial charge on any atom is 0.338 e. The Hall–Kier alpha value is -3.34. The molecule has 2 aromatic carbocycles. The second kappa shape index (κ2) is 14.3. The summed E-state index contributed by atoms with van der Waals surface area (Å²) in [6.07, 6.45) is 13.4. The molecule has 36 heavy (non-hydrogen) atoms. The highest BCUT2D eigenvalue weighted by atomic mass is 16.5. The fourth-order valence-electron chi connectivity index (χ4n) is 4.05. The molecule has 0 bridgehead atoms. The van der Waals surface area contributed by atoms with Gasteiger partial charge in [0.05, 0.1) is 5.56 Å². The summed E-state index contributed by atoms with van der Waals surface area (Å²) in [5, 5.41) is 0. The Morgan fingerprint density at radius 1 is 0.722 bits per heavy atom. The van der Waals surface area contributed by atoms with E-state index >= 15 is 0 Å². The number of aromatic nitrogens is 2. The Morgan fingerprint density at radius 2 is 1.31 bits per heavy atom. The van der Waals surface area contributed by atoms with Crippen LogP contribution in [0.4, 0.5) is 0 Å². The molecule has 3 aromatic rings. The van der Waals surface area contributed by atoms with Gasteiger partial charge in [0.25, 0.3) is 0 Å². The molecule has 5 heteroatoms. The van der Waals surface area contributed by atoms with Crippen molar-refractivity contribution in [2.45, 2.75) is 84.7 Å². The van der Waals surface area contributed by atoms with Crippen LogP contribution in [0, 0.1) is 0 Å². The lowest BCUT2D eigenvalue weighted by Crippen LogP contribution is -2.24. The van der Waals surface area contributed by atoms with Crippen LogP contribution in [0.2, 0.25) is 0 Å². The minimum absolute atomic E-state index is 0.208. The standard InChI is InChI=1S/C31H38N2O3/c1-4-6-8-9-10-12-25-21-32-30(33-22-25)27-17-19-28(20-18-27)31(35)36-23(3)29(34)26-15-13-24(14-16-26)11-7-5-2/h13-23H,4-12H2,1-3H3. The average Bonchev–Trinajstić information content (AvgIpc) is 2.92. The van der Waals surface area contributed by atoms with Crippen LogP contribution in [0.15, 0.2) is 60.9 Å². The van der Waals surface area contributed by atoms with Gasteiger partial charge in [-0.2, -0.15) is 0 Å². The minimum atomic E-state index is -0.864. The van der Waals surface area contributed by atoms with E-state index in [1.165, 1.54) is 31.2 Å². The molecule has 0 spiro atoms. The first-order valence-corrected chi connectivity index (χ1v) is 13.3. The van der Waals surface area contributed by atoms with Crippen molar-refractivity contribution in [2.24, 2.45) is 0 Å². The van der Waals surface area contributed by atoms with Crippen LogP contribution in [-0.2, 0) is 17.6 Å². The zero-order chi connectivity index (χ0) is 25.8. The van der Waals surface area contributed by atoms with Gasteiger partial charge in [-0.3, -0.25) is 4.79 Å². The van der Waals surface area contributed by atoms with E-state index in [0.717, 1.165) is 43.2 Å². The number of benzene rings is 2. The maximum atomic E-state index is 12.7. The third-order valence-corrected chi connectivity index (χ3v) is 6.36. The summed E-state index contributed by atoms with van der Waals surface area (Å²) in [5.74, 6) is -0.113. The zero-order valence-electron chi connectivity index (χ0n) is 21.8. The Morgan fingerprint density at radius 3 is 1.94 bits per heavy atom. The highest BCUT2D eigenvalue weighted by Gasteiger charge is 2.20. The van der Waals surface area contributed by atoms with Crippen LogP contribution >= 0.6 is 0 Å². The van der Waals surface area contributed by atoms with Crippen LogP contribution in [0.3, 0.4) is 0 Å². The van der Waals surface area contributed by atoms with Crippen molar-refractivity contribution in [3.8, 4) is 11.4 Å². The number of aryl methyl sites for hydroxylation is 2. The number of ketones is 1. The smallest absolute Gasteiger partial charge is 0.338 e. The van der Waals surface area contributed by atoms with E-state index in [1.807, 2.05) is 36.7 Å². The minimum Gasteiger partial charge on any atom is -0.451 e. The third kappa shape index (κ3) is 8.11. The van der Waals surface area contributed by atoms with E-state index in [1.54, 1.807) is 31.2 Å². The molecule has 0 aliphatic heterocycles. The summed E-state index contributed by atoms with van der Waals surface area (Å²) in [6, 6.07) is 14.5. The lowest BCUT2D eigenvalue weighted by molar-refractivity contribution is 0.0319. The number of esters is 1. The highest BCUT2D eigenvalue weighted by molar-refractivity contribution is 6.01. The fourth-order valence-corrected chi connectivity index (χ4v) is 4.05. The second-order valence-electron chi connectivity index (χ2n) is 9.37. The number of rotatable bonds is 14. The van der Waals surface area contributed by atoms with Crippen molar-refractivity contribution in [3.63, 3.8) is 0 Å². The topological polar surface area (TPSA) is 69.2 Å². The molecule has 5 nitrogen and oxygen atoms in total. The van der Waals surface area contributed by atoms with Crippen LogP contribution in [0.5, 0.6) is 0 Å². The highest BCUT2D eigenvalue weighted by Crippen LogP contribution is 2.18. The predicted molar refractivity (Wildman–Crippen MR) is 144 cm³/mol. The molecule has 0 aliphatic rings. The van der Waals surface area contributed by atoms with Crippen molar-refractivity contribution < 1.29 is 14.3 Å². The fraction of sp³-hybridized carbons (Fsp3) is 0.419. The Labute approximate surface area is 215 Å². The molecule has 1 aromatic heterocycles. The number of nitrogens with zero attached hydrogens (tertiary/aromatic N) is 2. The van der Waals surface area contributed by atoms with Crippen molar-refractivity contribution >= 4 is 11.8 Å². The Balaban J connectivity index is 1.52. The van der Waals surface area contributed by atoms with Crippen molar-refractivity contribution in [1.82, 2.24) is 9.97 Å². The van der Waals surface area contributed by atoms with Gasteiger partial charge >= 0.3 is 5.97 Å². The van der Waals surface area contributed by atoms with Gasteiger partial charge in [-0.1, -0.05) is 82.3 Å². The Kier molecular flexibility index (Phi) is 10.8. The molecule has 1 unspecified atom stereocenters. The normalized spacial score (nSPS) is 11.8. The quantitative estimate of drug-likeness (QED) is 0.135. The van der Waals surface area contributed by atoms with E-state index in [9.17, 15) is 9.59 Å². The van der Waals surface area contributed by atoms with E-state index in [-0.39, 0.29) is 5.78 Å². The van der Waals surface area contributed by atoms with E-state index < -0.39 is 12.1 Å². The summed E-state index contributed by atoms with van der Waals surface area (Å²) in [7, 11) is 0. The van der Waals surface area contributed by atoms with Gasteiger partial charge in [0.2, 0.25) is 5.78 Å². The number of Topliss-reactive ketones (excluding diaryl/α,β-unsaturated/α-hetero) is 1. The predicted octanol–water partition coefficient (Wildman–Crippen LogP) is 7.43. The molecule has 0 saturated carbocycles. The van der Waals surface area contributed by atoms with E-state index in [0.29, 0.717) is 17.0 Å². The van der Waals surface area contributed by atoms with Gasteiger partial charge in [0, 0.05) is 23.5 Å². The van der Waals surface area contributed by atoms with Crippen LogP contribution in [-0.4, -0.2) is 27.8 Å². The second-order valence-corrected chi connectivity index (χ2v) is 9.37. The molecule has 190 valence electrons. The number of carbonyl (C=O) groups is 2. The summed E-state index contributed by atoms with van der Waals surface area (Å²) < 4.78 is 5.45. The van der Waals surface area contributed by atoms with Gasteiger partial charge in [-0.05, 0) is 55.9 Å². The van der Waals surface area contributed by atoms with Crippen molar-refractivity contribution in [2.75, 3.05) is 0 Å². The Bertz CT molecular complexity index is 1090. The third-order valence-electron chi connectivity index (χ3n) is 6.36. The van der Waals surface area contributed by atoms with Gasteiger partial charge in [0.15, 0.2) is 11.9 Å². The van der Waals surface area contributed by atoms with Gasteiger partial charge in [-0.25, -0.2) is 14.8 Å². The SMILES string of the molecule is CCCCCCCc1cnc(-c2ccc(C(=O)OC(C)C(=O)c3ccc(CCCC)cc3)cc2)nc1. The summed E-state index contributed by atoms with van der Waals surface area (Å²) in [6.45, 7) is 5.99. The van der Waals surface area contributed by atoms with Gasteiger partial charge < -0.3 is 4.74 Å². The van der Waals surface area contributed by atoms with Crippen LogP contribution in [0.1, 0.15) is 97.6 Å². The summed E-state index contributed by atoms with van der Waals surface area (Å²) in [4.78, 5) is 34.3. The lowest BCUT2D eigenvalue weighted by atomic mass is 10.0. The average molecular weight is 487 g/mol. The molecular weight excluding hydrogens is 448 g/mol. The first-order valence-electron chi connectivity index (χ1n) is 13.3. The van der Waals surface area contributed by atoms with Crippen molar-refractivity contribution in [1.29, 1.82) is 0 Å². The number of carbonyl (C=O) groups excluding carboxylic acids is 2. The first-order chi connectivity index (χ1) is 17.5. The van der Waals surface area contributed by atoms with Crippen LogP contribution < -0.4 is 0 Å². The van der Waals surface area contributed by atoms with Gasteiger partial charge in [0.1, 0.15) is 0 Å².